The number of aryl methyl sites for hydroxylation is 1. The molecule has 1 saturated heterocycles. The molecule has 3 heterocycles. The second-order valence-corrected chi connectivity index (χ2v) is 9.25. The monoisotopic (exact) mass is 496 g/mol. The Balaban J connectivity index is 1.68. The van der Waals surface area contributed by atoms with Crippen molar-refractivity contribution in [3.63, 3.8) is 0 Å². The number of rotatable bonds is 8. The third-order valence-corrected chi connectivity index (χ3v) is 6.64. The molecule has 1 aliphatic heterocycles. The van der Waals surface area contributed by atoms with E-state index >= 15 is 0 Å². The summed E-state index contributed by atoms with van der Waals surface area (Å²) in [6, 6.07) is 11.6. The minimum Gasteiger partial charge on any atom is -0.378 e. The van der Waals surface area contributed by atoms with E-state index in [2.05, 4.69) is 15.2 Å². The maximum Gasteiger partial charge on any atom is 0.277 e. The lowest BCUT2D eigenvalue weighted by atomic mass is 10.1. The maximum absolute atomic E-state index is 13.6. The second kappa shape index (κ2) is 10.7. The highest BCUT2D eigenvalue weighted by Crippen LogP contribution is 2.31. The number of halogens is 1. The second-order valence-electron chi connectivity index (χ2n) is 8.84. The first kappa shape index (κ1) is 25.0. The van der Waals surface area contributed by atoms with Gasteiger partial charge in [-0.3, -0.25) is 9.36 Å². The summed E-state index contributed by atoms with van der Waals surface area (Å²) in [5.74, 6) is 1.47. The number of pyridine rings is 1. The molecule has 8 nitrogen and oxygen atoms in total. The molecule has 4 rings (SSSR count). The predicted octanol–water partition coefficient (Wildman–Crippen LogP) is 4.06. The Morgan fingerprint density at radius 2 is 2.00 bits per heavy atom. The molecule has 0 amide bonds. The van der Waals surface area contributed by atoms with Crippen molar-refractivity contribution in [1.82, 2.24) is 14.5 Å². The van der Waals surface area contributed by atoms with Crippen LogP contribution in [0.2, 0.25) is 5.02 Å². The fourth-order valence-corrected chi connectivity index (χ4v) is 4.76. The zero-order valence-electron chi connectivity index (χ0n) is 21.0. The minimum atomic E-state index is -0.116. The zero-order valence-corrected chi connectivity index (χ0v) is 21.7. The van der Waals surface area contributed by atoms with Crippen LogP contribution in [0.5, 0.6) is 0 Å². The first-order chi connectivity index (χ1) is 16.8. The van der Waals surface area contributed by atoms with Gasteiger partial charge >= 0.3 is 0 Å². The molecule has 0 saturated carbocycles. The fourth-order valence-electron chi connectivity index (χ4n) is 4.50. The Morgan fingerprint density at radius 3 is 2.63 bits per heavy atom. The van der Waals surface area contributed by atoms with Crippen molar-refractivity contribution in [2.24, 2.45) is 0 Å². The Kier molecular flexibility index (Phi) is 7.62. The van der Waals surface area contributed by atoms with Crippen LogP contribution in [0.25, 0.3) is 11.4 Å². The number of ether oxygens (including phenoxy) is 1. The quantitative estimate of drug-likeness (QED) is 0.504. The Labute approximate surface area is 211 Å². The van der Waals surface area contributed by atoms with Crippen molar-refractivity contribution in [2.45, 2.75) is 39.5 Å². The summed E-state index contributed by atoms with van der Waals surface area (Å²) in [5.41, 5.74) is 2.73. The average Bonchev–Trinajstić information content (AvgIpc) is 3.24. The van der Waals surface area contributed by atoms with Crippen molar-refractivity contribution in [3.8, 4) is 11.4 Å². The molecule has 2 atom stereocenters. The van der Waals surface area contributed by atoms with E-state index in [0.717, 1.165) is 17.1 Å². The molecular weight excluding hydrogens is 464 g/mol. The lowest BCUT2D eigenvalue weighted by molar-refractivity contribution is 0.0720. The van der Waals surface area contributed by atoms with Crippen LogP contribution in [0.3, 0.4) is 0 Å². The van der Waals surface area contributed by atoms with E-state index in [9.17, 15) is 4.79 Å². The van der Waals surface area contributed by atoms with E-state index in [0.29, 0.717) is 48.5 Å². The summed E-state index contributed by atoms with van der Waals surface area (Å²) >= 11 is 6.62. The predicted molar refractivity (Wildman–Crippen MR) is 143 cm³/mol. The topological polar surface area (TPSA) is 75.5 Å². The van der Waals surface area contributed by atoms with Gasteiger partial charge in [-0.25, -0.2) is 9.97 Å². The molecule has 3 aromatic rings. The molecule has 0 spiro atoms. The highest BCUT2D eigenvalue weighted by Gasteiger charge is 2.35. The van der Waals surface area contributed by atoms with Crippen LogP contribution in [0.4, 0.5) is 17.2 Å². The van der Waals surface area contributed by atoms with Crippen LogP contribution >= 0.6 is 11.6 Å². The number of aromatic nitrogens is 3. The van der Waals surface area contributed by atoms with Crippen molar-refractivity contribution in [1.29, 1.82) is 0 Å². The summed E-state index contributed by atoms with van der Waals surface area (Å²) in [6.45, 7) is 8.22. The van der Waals surface area contributed by atoms with Crippen LogP contribution in [-0.4, -0.2) is 60.5 Å². The van der Waals surface area contributed by atoms with Crippen molar-refractivity contribution < 1.29 is 4.74 Å². The van der Waals surface area contributed by atoms with E-state index < -0.39 is 0 Å². The van der Waals surface area contributed by atoms with Crippen LogP contribution in [0.1, 0.15) is 19.5 Å². The molecule has 2 aromatic heterocycles. The van der Waals surface area contributed by atoms with E-state index in [1.54, 1.807) is 10.8 Å². The van der Waals surface area contributed by atoms with Gasteiger partial charge < -0.3 is 19.9 Å². The highest BCUT2D eigenvalue weighted by atomic mass is 35.5. The highest BCUT2D eigenvalue weighted by molar-refractivity contribution is 6.33. The third kappa shape index (κ3) is 5.13. The number of nitrogens with zero attached hydrogens (tertiary/aromatic N) is 5. The summed E-state index contributed by atoms with van der Waals surface area (Å²) in [6.07, 6.45) is 1.71. The van der Waals surface area contributed by atoms with Gasteiger partial charge in [0.1, 0.15) is 17.3 Å². The Hall–Kier alpha value is -3.10. The van der Waals surface area contributed by atoms with Crippen LogP contribution in [0, 0.1) is 6.92 Å². The third-order valence-electron chi connectivity index (χ3n) is 6.33. The molecule has 0 radical (unpaired) electrons. The Bertz CT molecular complexity index is 1230. The first-order valence-corrected chi connectivity index (χ1v) is 12.3. The van der Waals surface area contributed by atoms with E-state index in [1.807, 2.05) is 76.2 Å². The summed E-state index contributed by atoms with van der Waals surface area (Å²) in [7, 11) is 3.92. The number of benzene rings is 1. The maximum atomic E-state index is 13.6. The molecule has 0 bridgehead atoms. The molecule has 1 fully saturated rings. The van der Waals surface area contributed by atoms with Gasteiger partial charge in [-0.05, 0) is 51.1 Å². The minimum absolute atomic E-state index is 0.0794. The summed E-state index contributed by atoms with van der Waals surface area (Å²) in [4.78, 5) is 27.1. The Morgan fingerprint density at radius 1 is 1.20 bits per heavy atom. The fraction of sp³-hybridized carbons (Fsp3) is 0.423. The average molecular weight is 497 g/mol. The molecule has 9 heteroatoms. The van der Waals surface area contributed by atoms with E-state index in [-0.39, 0.29) is 17.7 Å². The lowest BCUT2D eigenvalue weighted by Crippen LogP contribution is -2.38. The van der Waals surface area contributed by atoms with Crippen molar-refractivity contribution in [3.05, 3.63) is 63.7 Å². The largest absolute Gasteiger partial charge is 0.378 e. The van der Waals surface area contributed by atoms with Gasteiger partial charge in [0, 0.05) is 57.8 Å². The molecule has 1 aliphatic rings. The van der Waals surface area contributed by atoms with Crippen LogP contribution < -0.4 is 20.7 Å². The van der Waals surface area contributed by atoms with Crippen LogP contribution in [0.15, 0.2) is 47.4 Å². The standard InChI is InChI=1S/C26H33ClN6O2/c1-6-33-25(19-12-11-18(31(4)5)14-20(19)27)29-17(3)24(26(33)34)30-21-15-32(16-22(21)35-7-2)23-10-8-9-13-28-23/h8-14,21-22,30H,6-7,15-16H2,1-5H3/t21-,22+/m1/s1. The number of nitrogens with one attached hydrogen (secondary N) is 1. The number of anilines is 3. The van der Waals surface area contributed by atoms with Crippen molar-refractivity contribution in [2.75, 3.05) is 48.9 Å². The van der Waals surface area contributed by atoms with Gasteiger partial charge in [0.15, 0.2) is 0 Å². The number of hydrogen-bond acceptors (Lipinski definition) is 7. The van der Waals surface area contributed by atoms with Gasteiger partial charge in [0.2, 0.25) is 0 Å². The molecule has 186 valence electrons. The zero-order chi connectivity index (χ0) is 25.1. The molecular formula is C26H33ClN6O2. The smallest absolute Gasteiger partial charge is 0.277 e. The first-order valence-electron chi connectivity index (χ1n) is 12.0. The molecule has 0 unspecified atom stereocenters. The van der Waals surface area contributed by atoms with Gasteiger partial charge in [-0.1, -0.05) is 17.7 Å². The van der Waals surface area contributed by atoms with Crippen LogP contribution in [-0.2, 0) is 11.3 Å². The van der Waals surface area contributed by atoms with Gasteiger partial charge in [-0.15, -0.1) is 0 Å². The lowest BCUT2D eigenvalue weighted by Gasteiger charge is -2.23. The van der Waals surface area contributed by atoms with Crippen molar-refractivity contribution >= 4 is 28.8 Å². The summed E-state index contributed by atoms with van der Waals surface area (Å²) < 4.78 is 7.71. The molecule has 35 heavy (non-hydrogen) atoms. The van der Waals surface area contributed by atoms with E-state index in [1.165, 1.54) is 0 Å². The normalized spacial score (nSPS) is 17.6. The molecule has 1 aromatic carbocycles. The SMILES string of the molecule is CCO[C@H]1CN(c2ccccn2)C[C@H]1Nc1c(C)nc(-c2ccc(N(C)C)cc2Cl)n(CC)c1=O. The van der Waals surface area contributed by atoms with E-state index in [4.69, 9.17) is 21.3 Å². The number of hydrogen-bond donors (Lipinski definition) is 1. The van der Waals surface area contributed by atoms with Gasteiger partial charge in [0.25, 0.3) is 5.56 Å². The summed E-state index contributed by atoms with van der Waals surface area (Å²) in [5, 5.41) is 4.03. The molecule has 0 aliphatic carbocycles. The van der Waals surface area contributed by atoms with Gasteiger partial charge in [-0.2, -0.15) is 0 Å². The van der Waals surface area contributed by atoms with Gasteiger partial charge in [0.05, 0.1) is 22.9 Å². The molecule has 1 N–H and O–H groups in total.